The number of aryl methyl sites for hydroxylation is 1. The molecule has 4 nitrogen and oxygen atoms in total. The zero-order valence-electron chi connectivity index (χ0n) is 15.2. The Kier molecular flexibility index (Phi) is 6.10. The van der Waals surface area contributed by atoms with E-state index in [1.54, 1.807) is 12.1 Å². The van der Waals surface area contributed by atoms with Gasteiger partial charge in [0.15, 0.2) is 0 Å². The fraction of sp³-hybridized carbons (Fsp3) is 0.381. The van der Waals surface area contributed by atoms with Crippen LogP contribution in [0.25, 0.3) is 0 Å². The van der Waals surface area contributed by atoms with Crippen LogP contribution in [0.5, 0.6) is 5.75 Å². The van der Waals surface area contributed by atoms with Gasteiger partial charge >= 0.3 is 0 Å². The molecule has 138 valence electrons. The number of rotatable bonds is 6. The topological polar surface area (TPSA) is 32.8 Å². The monoisotopic (exact) mass is 356 g/mol. The number of benzene rings is 2. The minimum Gasteiger partial charge on any atom is -0.494 e. The maximum Gasteiger partial charge on any atom is 0.223 e. The van der Waals surface area contributed by atoms with Gasteiger partial charge in [0.1, 0.15) is 11.6 Å². The Balaban J connectivity index is 1.50. The second-order valence-electron chi connectivity index (χ2n) is 6.38. The van der Waals surface area contributed by atoms with Crippen LogP contribution in [0.1, 0.15) is 18.9 Å². The summed E-state index contributed by atoms with van der Waals surface area (Å²) in [4.78, 5) is 16.7. The maximum absolute atomic E-state index is 13.0. The Morgan fingerprint density at radius 1 is 1.04 bits per heavy atom. The van der Waals surface area contributed by atoms with Crippen molar-refractivity contribution in [3.8, 4) is 5.75 Å². The molecule has 0 bridgehead atoms. The summed E-state index contributed by atoms with van der Waals surface area (Å²) in [5.74, 6) is 0.814. The van der Waals surface area contributed by atoms with Gasteiger partial charge in [0.25, 0.3) is 0 Å². The molecule has 1 saturated heterocycles. The third-order valence-corrected chi connectivity index (χ3v) is 4.70. The van der Waals surface area contributed by atoms with E-state index in [9.17, 15) is 9.18 Å². The first-order chi connectivity index (χ1) is 12.7. The van der Waals surface area contributed by atoms with Gasteiger partial charge in [0.2, 0.25) is 5.91 Å². The molecule has 0 aromatic heterocycles. The van der Waals surface area contributed by atoms with E-state index in [1.807, 2.05) is 36.1 Å². The molecular formula is C21H25FN2O2. The first-order valence-electron chi connectivity index (χ1n) is 9.16. The third-order valence-electron chi connectivity index (χ3n) is 4.70. The van der Waals surface area contributed by atoms with Gasteiger partial charge in [-0.15, -0.1) is 0 Å². The number of ether oxygens (including phenoxy) is 1. The van der Waals surface area contributed by atoms with Gasteiger partial charge in [0, 0.05) is 38.3 Å². The highest BCUT2D eigenvalue weighted by molar-refractivity contribution is 5.77. The lowest BCUT2D eigenvalue weighted by atomic mass is 10.1. The summed E-state index contributed by atoms with van der Waals surface area (Å²) in [6, 6.07) is 14.4. The summed E-state index contributed by atoms with van der Waals surface area (Å²) in [5.41, 5.74) is 2.08. The smallest absolute Gasteiger partial charge is 0.223 e. The van der Waals surface area contributed by atoms with Crippen molar-refractivity contribution in [2.75, 3.05) is 37.7 Å². The van der Waals surface area contributed by atoms with Crippen LogP contribution in [0.3, 0.4) is 0 Å². The Labute approximate surface area is 154 Å². The van der Waals surface area contributed by atoms with Gasteiger partial charge in [-0.1, -0.05) is 18.2 Å². The molecule has 0 radical (unpaired) electrons. The molecule has 26 heavy (non-hydrogen) atoms. The van der Waals surface area contributed by atoms with E-state index in [-0.39, 0.29) is 11.7 Å². The highest BCUT2D eigenvalue weighted by atomic mass is 19.1. The van der Waals surface area contributed by atoms with E-state index in [0.29, 0.717) is 32.5 Å². The number of anilines is 1. The first kappa shape index (κ1) is 18.2. The van der Waals surface area contributed by atoms with Crippen LogP contribution in [0.4, 0.5) is 10.1 Å². The van der Waals surface area contributed by atoms with Crippen molar-refractivity contribution in [2.24, 2.45) is 0 Å². The molecule has 1 heterocycles. The lowest BCUT2D eigenvalue weighted by molar-refractivity contribution is -0.131. The summed E-state index contributed by atoms with van der Waals surface area (Å²) >= 11 is 0. The van der Waals surface area contributed by atoms with Crippen LogP contribution in [0.15, 0.2) is 48.5 Å². The van der Waals surface area contributed by atoms with E-state index in [1.165, 1.54) is 12.1 Å². The zero-order valence-corrected chi connectivity index (χ0v) is 15.2. The highest BCUT2D eigenvalue weighted by Gasteiger charge is 2.21. The minimum atomic E-state index is -0.227. The average molecular weight is 356 g/mol. The number of amides is 1. The summed E-state index contributed by atoms with van der Waals surface area (Å²) in [6.07, 6.45) is 1.17. The Bertz CT molecular complexity index is 725. The number of hydrogen-bond donors (Lipinski definition) is 0. The van der Waals surface area contributed by atoms with Crippen molar-refractivity contribution >= 4 is 11.6 Å². The van der Waals surface area contributed by atoms with Crippen molar-refractivity contribution in [1.82, 2.24) is 4.90 Å². The van der Waals surface area contributed by atoms with Crippen LogP contribution < -0.4 is 9.64 Å². The van der Waals surface area contributed by atoms with Gasteiger partial charge in [-0.05, 0) is 49.2 Å². The van der Waals surface area contributed by atoms with Crippen LogP contribution >= 0.6 is 0 Å². The van der Waals surface area contributed by atoms with Gasteiger partial charge in [0.05, 0.1) is 6.61 Å². The number of carbonyl (C=O) groups is 1. The predicted octanol–water partition coefficient (Wildman–Crippen LogP) is 3.51. The normalized spacial score (nSPS) is 14.4. The van der Waals surface area contributed by atoms with Gasteiger partial charge in [-0.25, -0.2) is 4.39 Å². The molecule has 1 amide bonds. The van der Waals surface area contributed by atoms with E-state index in [2.05, 4.69) is 4.90 Å². The molecule has 1 fully saturated rings. The standard InChI is InChI=1S/C21H25FN2O2/c1-2-26-20-6-4-3-5-17(20)7-12-21(25)24-15-13-23(14-16-24)19-10-8-18(22)9-11-19/h3-6,8-11H,2,7,12-16H2,1H3. The summed E-state index contributed by atoms with van der Waals surface area (Å²) in [7, 11) is 0. The van der Waals surface area contributed by atoms with E-state index in [0.717, 1.165) is 30.1 Å². The largest absolute Gasteiger partial charge is 0.494 e. The van der Waals surface area contributed by atoms with Gasteiger partial charge in [-0.3, -0.25) is 4.79 Å². The van der Waals surface area contributed by atoms with E-state index < -0.39 is 0 Å². The number of hydrogen-bond acceptors (Lipinski definition) is 3. The third kappa shape index (κ3) is 4.54. The molecule has 0 atom stereocenters. The molecule has 0 aliphatic carbocycles. The molecule has 2 aromatic rings. The summed E-state index contributed by atoms with van der Waals surface area (Å²) < 4.78 is 18.7. The fourth-order valence-electron chi connectivity index (χ4n) is 3.27. The quantitative estimate of drug-likeness (QED) is 0.794. The van der Waals surface area contributed by atoms with Crippen molar-refractivity contribution in [1.29, 1.82) is 0 Å². The number of nitrogens with zero attached hydrogens (tertiary/aromatic N) is 2. The summed E-state index contributed by atoms with van der Waals surface area (Å²) in [6.45, 7) is 5.52. The Morgan fingerprint density at radius 3 is 2.42 bits per heavy atom. The molecule has 1 aliphatic heterocycles. The van der Waals surface area contributed by atoms with Crippen molar-refractivity contribution in [3.63, 3.8) is 0 Å². The maximum atomic E-state index is 13.0. The van der Waals surface area contributed by atoms with Gasteiger partial charge < -0.3 is 14.5 Å². The molecule has 1 aliphatic rings. The number of piperazine rings is 1. The average Bonchev–Trinajstić information content (AvgIpc) is 2.68. The lowest BCUT2D eigenvalue weighted by Crippen LogP contribution is -2.48. The molecule has 0 saturated carbocycles. The molecule has 0 unspecified atom stereocenters. The SMILES string of the molecule is CCOc1ccccc1CCC(=O)N1CCN(c2ccc(F)cc2)CC1. The molecule has 0 N–H and O–H groups in total. The number of carbonyl (C=O) groups excluding carboxylic acids is 1. The second-order valence-corrected chi connectivity index (χ2v) is 6.38. The molecule has 2 aromatic carbocycles. The number of halogens is 1. The van der Waals surface area contributed by atoms with Crippen LogP contribution in [0, 0.1) is 5.82 Å². The molecular weight excluding hydrogens is 331 g/mol. The van der Waals surface area contributed by atoms with Crippen molar-refractivity contribution < 1.29 is 13.9 Å². The van der Waals surface area contributed by atoms with Crippen LogP contribution in [0.2, 0.25) is 0 Å². The van der Waals surface area contributed by atoms with Crippen LogP contribution in [-0.4, -0.2) is 43.6 Å². The van der Waals surface area contributed by atoms with E-state index >= 15 is 0 Å². The fourth-order valence-corrected chi connectivity index (χ4v) is 3.27. The predicted molar refractivity (Wildman–Crippen MR) is 101 cm³/mol. The molecule has 5 heteroatoms. The Morgan fingerprint density at radius 2 is 1.73 bits per heavy atom. The summed E-state index contributed by atoms with van der Waals surface area (Å²) in [5, 5.41) is 0. The Hall–Kier alpha value is -2.56. The van der Waals surface area contributed by atoms with Gasteiger partial charge in [-0.2, -0.15) is 0 Å². The highest BCUT2D eigenvalue weighted by Crippen LogP contribution is 2.21. The zero-order chi connectivity index (χ0) is 18.4. The van der Waals surface area contributed by atoms with Crippen LogP contribution in [-0.2, 0) is 11.2 Å². The second kappa shape index (κ2) is 8.70. The lowest BCUT2D eigenvalue weighted by Gasteiger charge is -2.36. The van der Waals surface area contributed by atoms with E-state index in [4.69, 9.17) is 4.74 Å². The number of para-hydroxylation sites is 1. The van der Waals surface area contributed by atoms with Crippen molar-refractivity contribution in [3.05, 3.63) is 59.9 Å². The molecule has 3 rings (SSSR count). The first-order valence-corrected chi connectivity index (χ1v) is 9.16. The van der Waals surface area contributed by atoms with Crippen molar-refractivity contribution in [2.45, 2.75) is 19.8 Å². The molecule has 0 spiro atoms. The minimum absolute atomic E-state index is 0.176.